The van der Waals surface area contributed by atoms with E-state index in [-0.39, 0.29) is 5.56 Å². The molecule has 0 saturated carbocycles. The molecule has 0 aliphatic rings. The Morgan fingerprint density at radius 1 is 0.758 bits per heavy atom. The lowest BCUT2D eigenvalue weighted by molar-refractivity contribution is 0.306. The maximum atomic E-state index is 13.5. The first kappa shape index (κ1) is 20.5. The molecule has 0 saturated heterocycles. The van der Waals surface area contributed by atoms with Crippen LogP contribution >= 0.6 is 0 Å². The van der Waals surface area contributed by atoms with E-state index in [2.05, 4.69) is 0 Å². The van der Waals surface area contributed by atoms with Crippen LogP contribution in [0, 0.1) is 0 Å². The normalized spacial score (nSPS) is 10.8. The molecular formula is C28H22N2O3. The molecule has 1 heterocycles. The highest BCUT2D eigenvalue weighted by Gasteiger charge is 2.14. The largest absolute Gasteiger partial charge is 0.497 e. The molecule has 0 radical (unpaired) electrons. The van der Waals surface area contributed by atoms with E-state index < -0.39 is 0 Å². The summed E-state index contributed by atoms with van der Waals surface area (Å²) in [4.78, 5) is 18.3. The Kier molecular flexibility index (Phi) is 5.60. The molecule has 0 amide bonds. The molecule has 0 unspecified atom stereocenters. The highest BCUT2D eigenvalue weighted by molar-refractivity contribution is 5.80. The summed E-state index contributed by atoms with van der Waals surface area (Å²) in [6.07, 6.45) is 0. The molecule has 0 atom stereocenters. The monoisotopic (exact) mass is 434 g/mol. The number of aromatic nitrogens is 2. The molecule has 0 aliphatic carbocycles. The van der Waals surface area contributed by atoms with Crippen LogP contribution in [0.15, 0.2) is 108 Å². The van der Waals surface area contributed by atoms with E-state index in [1.165, 1.54) is 0 Å². The molecule has 0 aliphatic heterocycles. The van der Waals surface area contributed by atoms with E-state index >= 15 is 0 Å². The van der Waals surface area contributed by atoms with Crippen molar-refractivity contribution < 1.29 is 9.47 Å². The van der Waals surface area contributed by atoms with Crippen molar-refractivity contribution >= 4 is 10.9 Å². The van der Waals surface area contributed by atoms with Gasteiger partial charge in [-0.2, -0.15) is 0 Å². The average Bonchev–Trinajstić information content (AvgIpc) is 2.88. The first-order valence-electron chi connectivity index (χ1n) is 10.7. The van der Waals surface area contributed by atoms with E-state index in [0.29, 0.717) is 23.3 Å². The van der Waals surface area contributed by atoms with E-state index in [4.69, 9.17) is 14.5 Å². The van der Waals surface area contributed by atoms with Gasteiger partial charge in [0.25, 0.3) is 5.56 Å². The van der Waals surface area contributed by atoms with Gasteiger partial charge in [0.15, 0.2) is 0 Å². The number of methoxy groups -OCH3 is 1. The van der Waals surface area contributed by atoms with Crippen LogP contribution in [0.4, 0.5) is 0 Å². The summed E-state index contributed by atoms with van der Waals surface area (Å²) < 4.78 is 12.8. The van der Waals surface area contributed by atoms with Gasteiger partial charge in [0.05, 0.1) is 23.7 Å². The molecule has 5 rings (SSSR count). The Morgan fingerprint density at radius 2 is 1.42 bits per heavy atom. The summed E-state index contributed by atoms with van der Waals surface area (Å²) in [7, 11) is 1.62. The van der Waals surface area contributed by atoms with E-state index in [1.807, 2.05) is 97.1 Å². The van der Waals surface area contributed by atoms with Crippen molar-refractivity contribution in [3.8, 4) is 28.6 Å². The minimum Gasteiger partial charge on any atom is -0.497 e. The smallest absolute Gasteiger partial charge is 0.266 e. The van der Waals surface area contributed by atoms with Crippen molar-refractivity contribution in [1.82, 2.24) is 9.55 Å². The topological polar surface area (TPSA) is 53.4 Å². The van der Waals surface area contributed by atoms with Gasteiger partial charge in [0.2, 0.25) is 0 Å². The Balaban J connectivity index is 1.55. The number of rotatable bonds is 6. The molecule has 5 heteroatoms. The summed E-state index contributed by atoms with van der Waals surface area (Å²) in [5.74, 6) is 2.04. The first-order chi connectivity index (χ1) is 16.2. The zero-order valence-corrected chi connectivity index (χ0v) is 18.1. The second-order valence-electron chi connectivity index (χ2n) is 7.59. The lowest BCUT2D eigenvalue weighted by Gasteiger charge is -2.15. The molecule has 0 spiro atoms. The maximum absolute atomic E-state index is 13.5. The molecule has 0 bridgehead atoms. The molecule has 1 aromatic heterocycles. The van der Waals surface area contributed by atoms with Crippen LogP contribution in [0.25, 0.3) is 28.0 Å². The minimum atomic E-state index is -0.120. The van der Waals surface area contributed by atoms with Gasteiger partial charge in [-0.15, -0.1) is 0 Å². The van der Waals surface area contributed by atoms with Crippen molar-refractivity contribution in [3.05, 3.63) is 119 Å². The van der Waals surface area contributed by atoms with Gasteiger partial charge in [-0.1, -0.05) is 42.5 Å². The van der Waals surface area contributed by atoms with Gasteiger partial charge in [-0.3, -0.25) is 9.36 Å². The van der Waals surface area contributed by atoms with Crippen LogP contribution in [0.3, 0.4) is 0 Å². The van der Waals surface area contributed by atoms with Crippen LogP contribution in [-0.2, 0) is 6.61 Å². The minimum absolute atomic E-state index is 0.120. The van der Waals surface area contributed by atoms with Crippen LogP contribution in [0.5, 0.6) is 11.5 Å². The second kappa shape index (κ2) is 9.01. The third-order valence-electron chi connectivity index (χ3n) is 5.47. The molecule has 5 nitrogen and oxygen atoms in total. The second-order valence-corrected chi connectivity index (χ2v) is 7.59. The van der Waals surface area contributed by atoms with Crippen molar-refractivity contribution in [2.75, 3.05) is 7.11 Å². The number of hydrogen-bond acceptors (Lipinski definition) is 4. The van der Waals surface area contributed by atoms with Gasteiger partial charge in [-0.25, -0.2) is 4.98 Å². The summed E-state index contributed by atoms with van der Waals surface area (Å²) in [5.41, 5.74) is 3.18. The van der Waals surface area contributed by atoms with E-state index in [9.17, 15) is 4.79 Å². The van der Waals surface area contributed by atoms with Crippen LogP contribution in [0.1, 0.15) is 5.56 Å². The summed E-state index contributed by atoms with van der Waals surface area (Å²) in [6.45, 7) is 0.491. The van der Waals surface area contributed by atoms with Crippen molar-refractivity contribution in [3.63, 3.8) is 0 Å². The standard InChI is InChI=1S/C28H22N2O3/c1-32-23-17-13-22(14-18-23)30-27(29-26-10-6-5-9-25(26)28(30)31)21-11-15-24(16-12-21)33-19-20-7-3-2-4-8-20/h2-18H,19H2,1H3. The summed E-state index contributed by atoms with van der Waals surface area (Å²) >= 11 is 0. The fourth-order valence-electron chi connectivity index (χ4n) is 3.74. The Hall–Kier alpha value is -4.38. The summed E-state index contributed by atoms with van der Waals surface area (Å²) in [5, 5.41) is 0.569. The molecular weight excluding hydrogens is 412 g/mol. The van der Waals surface area contributed by atoms with E-state index in [0.717, 1.165) is 28.3 Å². The van der Waals surface area contributed by atoms with Gasteiger partial charge >= 0.3 is 0 Å². The predicted molar refractivity (Wildman–Crippen MR) is 130 cm³/mol. The fourth-order valence-corrected chi connectivity index (χ4v) is 3.74. The third kappa shape index (κ3) is 4.21. The maximum Gasteiger partial charge on any atom is 0.266 e. The van der Waals surface area contributed by atoms with Gasteiger partial charge in [0, 0.05) is 5.56 Å². The Morgan fingerprint density at radius 3 is 2.15 bits per heavy atom. The highest BCUT2D eigenvalue weighted by atomic mass is 16.5. The molecule has 0 fully saturated rings. The first-order valence-corrected chi connectivity index (χ1v) is 10.7. The van der Waals surface area contributed by atoms with Crippen LogP contribution in [0.2, 0.25) is 0 Å². The molecule has 5 aromatic rings. The van der Waals surface area contributed by atoms with Crippen LogP contribution < -0.4 is 15.0 Å². The lowest BCUT2D eigenvalue weighted by Crippen LogP contribution is -2.21. The summed E-state index contributed by atoms with van der Waals surface area (Å²) in [6, 6.07) is 32.5. The van der Waals surface area contributed by atoms with Crippen molar-refractivity contribution in [2.45, 2.75) is 6.61 Å². The van der Waals surface area contributed by atoms with Crippen molar-refractivity contribution in [1.29, 1.82) is 0 Å². The quantitative estimate of drug-likeness (QED) is 0.347. The SMILES string of the molecule is COc1ccc(-n2c(-c3ccc(OCc4ccccc4)cc3)nc3ccccc3c2=O)cc1. The number of nitrogens with zero attached hydrogens (tertiary/aromatic N) is 2. The zero-order valence-electron chi connectivity index (χ0n) is 18.1. The number of fused-ring (bicyclic) bond motifs is 1. The zero-order chi connectivity index (χ0) is 22.6. The lowest BCUT2D eigenvalue weighted by atomic mass is 10.1. The third-order valence-corrected chi connectivity index (χ3v) is 5.47. The predicted octanol–water partition coefficient (Wildman–Crippen LogP) is 5.64. The fraction of sp³-hybridized carbons (Fsp3) is 0.0714. The average molecular weight is 434 g/mol. The number of ether oxygens (including phenoxy) is 2. The Labute approximate surface area is 191 Å². The highest BCUT2D eigenvalue weighted by Crippen LogP contribution is 2.25. The molecule has 4 aromatic carbocycles. The number of para-hydroxylation sites is 1. The van der Waals surface area contributed by atoms with Gasteiger partial charge in [-0.05, 0) is 66.2 Å². The molecule has 162 valence electrons. The number of hydrogen-bond donors (Lipinski definition) is 0. The Bertz CT molecular complexity index is 1440. The van der Waals surface area contributed by atoms with Crippen LogP contribution in [-0.4, -0.2) is 16.7 Å². The van der Waals surface area contributed by atoms with Crippen molar-refractivity contribution in [2.24, 2.45) is 0 Å². The van der Waals surface area contributed by atoms with E-state index in [1.54, 1.807) is 17.7 Å². The number of benzene rings is 4. The van der Waals surface area contributed by atoms with Gasteiger partial charge < -0.3 is 9.47 Å². The molecule has 0 N–H and O–H groups in total. The van der Waals surface area contributed by atoms with Gasteiger partial charge in [0.1, 0.15) is 23.9 Å². The molecule has 33 heavy (non-hydrogen) atoms.